The van der Waals surface area contributed by atoms with Crippen molar-refractivity contribution in [1.82, 2.24) is 9.62 Å². The Balaban J connectivity index is 1.78. The van der Waals surface area contributed by atoms with Crippen LogP contribution in [-0.4, -0.2) is 51.5 Å². The molecule has 0 radical (unpaired) electrons. The first-order valence-electron chi connectivity index (χ1n) is 10.5. The molecule has 8 heteroatoms. The van der Waals surface area contributed by atoms with E-state index in [1.54, 1.807) is 42.5 Å². The molecular formula is C23H30N2O5S. The maximum atomic E-state index is 13.0. The van der Waals surface area contributed by atoms with Crippen molar-refractivity contribution in [2.75, 3.05) is 26.8 Å². The van der Waals surface area contributed by atoms with Gasteiger partial charge in [-0.3, -0.25) is 4.79 Å². The Labute approximate surface area is 184 Å². The second-order valence-electron chi connectivity index (χ2n) is 7.67. The molecule has 168 valence electrons. The number of ether oxygens (including phenoxy) is 2. The number of benzene rings is 2. The Morgan fingerprint density at radius 3 is 2.61 bits per heavy atom. The van der Waals surface area contributed by atoms with Gasteiger partial charge in [-0.05, 0) is 57.0 Å². The number of carbonyl (C=O) groups is 1. The van der Waals surface area contributed by atoms with Gasteiger partial charge in [0.05, 0.1) is 17.6 Å². The predicted molar refractivity (Wildman–Crippen MR) is 119 cm³/mol. The van der Waals surface area contributed by atoms with Crippen molar-refractivity contribution in [3.05, 3.63) is 59.2 Å². The summed E-state index contributed by atoms with van der Waals surface area (Å²) in [7, 11) is -2.16. The largest absolute Gasteiger partial charge is 0.494 e. The van der Waals surface area contributed by atoms with Crippen molar-refractivity contribution in [3.63, 3.8) is 0 Å². The highest BCUT2D eigenvalue weighted by atomic mass is 32.2. The first kappa shape index (κ1) is 23.2. The van der Waals surface area contributed by atoms with Crippen LogP contribution >= 0.6 is 0 Å². The standard InChI is InChI=1S/C23H30N2O5S/c1-4-29-22-12-9-18(23(26)24-15-20-6-5-13-30-20)14-19(22)16-25(3)31(27,28)21-10-7-17(2)8-11-21/h7-12,14,20H,4-6,13,15-16H2,1-3H3,(H,24,26)/t20-/m0/s1. The number of hydrogen-bond donors (Lipinski definition) is 1. The van der Waals surface area contributed by atoms with Gasteiger partial charge in [0.1, 0.15) is 5.75 Å². The first-order valence-corrected chi connectivity index (χ1v) is 11.9. The minimum absolute atomic E-state index is 0.0527. The lowest BCUT2D eigenvalue weighted by Crippen LogP contribution is -2.32. The fourth-order valence-corrected chi connectivity index (χ4v) is 4.62. The van der Waals surface area contributed by atoms with E-state index in [0.717, 1.165) is 25.0 Å². The van der Waals surface area contributed by atoms with Gasteiger partial charge in [0.2, 0.25) is 10.0 Å². The van der Waals surface area contributed by atoms with Crippen LogP contribution in [0.5, 0.6) is 5.75 Å². The van der Waals surface area contributed by atoms with Crippen molar-refractivity contribution in [1.29, 1.82) is 0 Å². The molecule has 1 aliphatic heterocycles. The van der Waals surface area contributed by atoms with Crippen LogP contribution in [0.3, 0.4) is 0 Å². The zero-order chi connectivity index (χ0) is 22.4. The number of nitrogens with zero attached hydrogens (tertiary/aromatic N) is 1. The average molecular weight is 447 g/mol. The van der Waals surface area contributed by atoms with Crippen LogP contribution < -0.4 is 10.1 Å². The van der Waals surface area contributed by atoms with Gasteiger partial charge in [-0.25, -0.2) is 8.42 Å². The third-order valence-corrected chi connectivity index (χ3v) is 7.08. The predicted octanol–water partition coefficient (Wildman–Crippen LogP) is 3.12. The minimum Gasteiger partial charge on any atom is -0.494 e. The van der Waals surface area contributed by atoms with Crippen LogP contribution in [0.1, 0.15) is 41.3 Å². The Morgan fingerprint density at radius 2 is 1.97 bits per heavy atom. The molecule has 0 saturated carbocycles. The summed E-state index contributed by atoms with van der Waals surface area (Å²) in [4.78, 5) is 12.8. The van der Waals surface area contributed by atoms with Gasteiger partial charge in [-0.2, -0.15) is 4.31 Å². The molecular weight excluding hydrogens is 416 g/mol. The summed E-state index contributed by atoms with van der Waals surface area (Å²) < 4.78 is 38.4. The molecule has 0 aromatic heterocycles. The highest BCUT2D eigenvalue weighted by Gasteiger charge is 2.23. The van der Waals surface area contributed by atoms with Crippen molar-refractivity contribution < 1.29 is 22.7 Å². The van der Waals surface area contributed by atoms with Crippen LogP contribution in [0.4, 0.5) is 0 Å². The Hall–Kier alpha value is -2.42. The molecule has 2 aromatic rings. The van der Waals surface area contributed by atoms with Gasteiger partial charge < -0.3 is 14.8 Å². The Bertz CT molecular complexity index is 999. The lowest BCUT2D eigenvalue weighted by Gasteiger charge is -2.20. The molecule has 1 amide bonds. The van der Waals surface area contributed by atoms with E-state index < -0.39 is 10.0 Å². The molecule has 1 N–H and O–H groups in total. The molecule has 1 heterocycles. The fraction of sp³-hybridized carbons (Fsp3) is 0.435. The number of sulfonamides is 1. The molecule has 1 saturated heterocycles. The number of amides is 1. The summed E-state index contributed by atoms with van der Waals surface area (Å²) in [5.74, 6) is 0.341. The second kappa shape index (κ2) is 10.3. The summed E-state index contributed by atoms with van der Waals surface area (Å²) in [6, 6.07) is 11.8. The number of hydrogen-bond acceptors (Lipinski definition) is 5. The summed E-state index contributed by atoms with van der Waals surface area (Å²) in [6.07, 6.45) is 2.00. The molecule has 31 heavy (non-hydrogen) atoms. The van der Waals surface area contributed by atoms with Crippen molar-refractivity contribution in [2.45, 2.75) is 44.2 Å². The SMILES string of the molecule is CCOc1ccc(C(=O)NC[C@@H]2CCCO2)cc1CN(C)S(=O)(=O)c1ccc(C)cc1. The second-order valence-corrected chi connectivity index (χ2v) is 9.72. The van der Waals surface area contributed by atoms with Gasteiger partial charge >= 0.3 is 0 Å². The van der Waals surface area contributed by atoms with Crippen LogP contribution in [0.25, 0.3) is 0 Å². The fourth-order valence-electron chi connectivity index (χ4n) is 3.47. The Kier molecular flexibility index (Phi) is 7.69. The van der Waals surface area contributed by atoms with E-state index in [1.165, 1.54) is 11.4 Å². The monoisotopic (exact) mass is 446 g/mol. The van der Waals surface area contributed by atoms with E-state index in [4.69, 9.17) is 9.47 Å². The van der Waals surface area contributed by atoms with E-state index in [2.05, 4.69) is 5.32 Å². The summed E-state index contributed by atoms with van der Waals surface area (Å²) >= 11 is 0. The molecule has 0 aliphatic carbocycles. The molecule has 0 bridgehead atoms. The normalized spacial score (nSPS) is 16.5. The number of nitrogens with one attached hydrogen (secondary N) is 1. The molecule has 2 aromatic carbocycles. The van der Waals surface area contributed by atoms with Gasteiger partial charge in [0.15, 0.2) is 0 Å². The first-order chi connectivity index (χ1) is 14.8. The van der Waals surface area contributed by atoms with Crippen LogP contribution in [0.15, 0.2) is 47.4 Å². The summed E-state index contributed by atoms with van der Waals surface area (Å²) in [5, 5.41) is 2.90. The zero-order valence-corrected chi connectivity index (χ0v) is 19.1. The summed E-state index contributed by atoms with van der Waals surface area (Å²) in [5.41, 5.74) is 2.07. The van der Waals surface area contributed by atoms with E-state index in [-0.39, 0.29) is 23.5 Å². The third kappa shape index (κ3) is 5.84. The third-order valence-electron chi connectivity index (χ3n) is 5.26. The smallest absolute Gasteiger partial charge is 0.251 e. The van der Waals surface area contributed by atoms with Crippen LogP contribution in [-0.2, 0) is 21.3 Å². The van der Waals surface area contributed by atoms with Crippen molar-refractivity contribution in [2.24, 2.45) is 0 Å². The molecule has 3 rings (SSSR count). The number of rotatable bonds is 9. The topological polar surface area (TPSA) is 84.9 Å². The lowest BCUT2D eigenvalue weighted by atomic mass is 10.1. The summed E-state index contributed by atoms with van der Waals surface area (Å²) in [6.45, 7) is 5.48. The lowest BCUT2D eigenvalue weighted by molar-refractivity contribution is 0.0857. The molecule has 0 unspecified atom stereocenters. The van der Waals surface area contributed by atoms with Gasteiger partial charge in [0, 0.05) is 37.9 Å². The number of carbonyl (C=O) groups excluding carboxylic acids is 1. The van der Waals surface area contributed by atoms with Gasteiger partial charge in [-0.1, -0.05) is 17.7 Å². The van der Waals surface area contributed by atoms with Crippen LogP contribution in [0.2, 0.25) is 0 Å². The van der Waals surface area contributed by atoms with Gasteiger partial charge in [0.25, 0.3) is 5.91 Å². The maximum absolute atomic E-state index is 13.0. The van der Waals surface area contributed by atoms with Crippen LogP contribution in [0, 0.1) is 6.92 Å². The van der Waals surface area contributed by atoms with E-state index in [9.17, 15) is 13.2 Å². The number of aryl methyl sites for hydroxylation is 1. The molecule has 1 atom stereocenters. The molecule has 0 spiro atoms. The van der Waals surface area contributed by atoms with E-state index >= 15 is 0 Å². The van der Waals surface area contributed by atoms with E-state index in [0.29, 0.717) is 30.0 Å². The molecule has 7 nitrogen and oxygen atoms in total. The quantitative estimate of drug-likeness (QED) is 0.640. The Morgan fingerprint density at radius 1 is 1.23 bits per heavy atom. The zero-order valence-electron chi connectivity index (χ0n) is 18.3. The maximum Gasteiger partial charge on any atom is 0.251 e. The van der Waals surface area contributed by atoms with E-state index in [1.807, 2.05) is 13.8 Å². The molecule has 1 fully saturated rings. The molecule has 1 aliphatic rings. The van der Waals surface area contributed by atoms with Gasteiger partial charge in [-0.15, -0.1) is 0 Å². The van der Waals surface area contributed by atoms with Crippen molar-refractivity contribution in [3.8, 4) is 5.75 Å². The minimum atomic E-state index is -3.68. The average Bonchev–Trinajstić information content (AvgIpc) is 3.27. The highest BCUT2D eigenvalue weighted by Crippen LogP contribution is 2.25. The van der Waals surface area contributed by atoms with Crippen molar-refractivity contribution >= 4 is 15.9 Å². The highest BCUT2D eigenvalue weighted by molar-refractivity contribution is 7.89.